The lowest BCUT2D eigenvalue weighted by atomic mass is 10.2. The maximum Gasteiger partial charge on any atom is 0.191 e. The standard InChI is InChI=1S/C19H32N4O2.HI/c1-15(2)14-25-12-10-21-19(20-3)22-16-9-11-23(13-16)17-7-5-6-8-18(17)24-4;/h5-8,15-16H,9-14H2,1-4H3,(H2,20,21,22);1H. The zero-order valence-electron chi connectivity index (χ0n) is 16.3. The molecule has 0 amide bonds. The van der Waals surface area contributed by atoms with Gasteiger partial charge in [0.1, 0.15) is 5.75 Å². The smallest absolute Gasteiger partial charge is 0.191 e. The van der Waals surface area contributed by atoms with E-state index in [4.69, 9.17) is 9.47 Å². The Bertz CT molecular complexity index is 554. The van der Waals surface area contributed by atoms with Crippen LogP contribution in [0.2, 0.25) is 0 Å². The quantitative estimate of drug-likeness (QED) is 0.262. The molecule has 1 aliphatic rings. The van der Waals surface area contributed by atoms with Crippen LogP contribution in [0.15, 0.2) is 29.3 Å². The summed E-state index contributed by atoms with van der Waals surface area (Å²) < 4.78 is 11.1. The molecule has 0 radical (unpaired) electrons. The molecular formula is C19H33IN4O2. The molecule has 1 atom stereocenters. The lowest BCUT2D eigenvalue weighted by Crippen LogP contribution is -2.45. The molecule has 1 aliphatic heterocycles. The van der Waals surface area contributed by atoms with Crippen molar-refractivity contribution in [1.82, 2.24) is 10.6 Å². The second-order valence-corrected chi connectivity index (χ2v) is 6.72. The number of nitrogens with one attached hydrogen (secondary N) is 2. The van der Waals surface area contributed by atoms with E-state index in [2.05, 4.69) is 46.5 Å². The third-order valence-corrected chi connectivity index (χ3v) is 4.17. The van der Waals surface area contributed by atoms with Crippen LogP contribution in [0.1, 0.15) is 20.3 Å². The molecule has 1 aromatic rings. The van der Waals surface area contributed by atoms with Crippen LogP contribution in [0.5, 0.6) is 5.75 Å². The number of benzene rings is 1. The minimum absolute atomic E-state index is 0. The zero-order chi connectivity index (χ0) is 18.1. The number of anilines is 1. The van der Waals surface area contributed by atoms with Gasteiger partial charge in [-0.1, -0.05) is 26.0 Å². The van der Waals surface area contributed by atoms with Gasteiger partial charge in [0.15, 0.2) is 5.96 Å². The summed E-state index contributed by atoms with van der Waals surface area (Å²) in [5.41, 5.74) is 1.15. The van der Waals surface area contributed by atoms with Crippen molar-refractivity contribution in [1.29, 1.82) is 0 Å². The molecule has 2 rings (SSSR count). The van der Waals surface area contributed by atoms with Gasteiger partial charge in [-0.15, -0.1) is 24.0 Å². The highest BCUT2D eigenvalue weighted by atomic mass is 127. The monoisotopic (exact) mass is 476 g/mol. The van der Waals surface area contributed by atoms with Crippen LogP contribution in [0.25, 0.3) is 0 Å². The van der Waals surface area contributed by atoms with Crippen LogP contribution in [0, 0.1) is 5.92 Å². The maximum atomic E-state index is 5.59. The first kappa shape index (κ1) is 22.8. The number of rotatable bonds is 8. The summed E-state index contributed by atoms with van der Waals surface area (Å²) >= 11 is 0. The molecule has 7 heteroatoms. The molecule has 0 bridgehead atoms. The first-order valence-corrected chi connectivity index (χ1v) is 9.07. The Kier molecular flexibility index (Phi) is 10.7. The molecule has 0 saturated carbocycles. The van der Waals surface area contributed by atoms with E-state index < -0.39 is 0 Å². The summed E-state index contributed by atoms with van der Waals surface area (Å²) in [5, 5.41) is 6.82. The molecule has 1 unspecified atom stereocenters. The van der Waals surface area contributed by atoms with Crippen molar-refractivity contribution in [2.45, 2.75) is 26.3 Å². The Labute approximate surface area is 174 Å². The highest BCUT2D eigenvalue weighted by molar-refractivity contribution is 14.0. The number of aliphatic imine (C=N–C) groups is 1. The van der Waals surface area contributed by atoms with Crippen LogP contribution in [0.3, 0.4) is 0 Å². The lowest BCUT2D eigenvalue weighted by molar-refractivity contribution is 0.114. The van der Waals surface area contributed by atoms with Crippen molar-refractivity contribution in [3.63, 3.8) is 0 Å². The van der Waals surface area contributed by atoms with Crippen molar-refractivity contribution in [2.75, 3.05) is 51.9 Å². The second-order valence-electron chi connectivity index (χ2n) is 6.72. The first-order chi connectivity index (χ1) is 12.1. The minimum atomic E-state index is 0. The number of methoxy groups -OCH3 is 1. The summed E-state index contributed by atoms with van der Waals surface area (Å²) in [7, 11) is 3.52. The molecule has 0 aromatic heterocycles. The predicted octanol–water partition coefficient (Wildman–Crippen LogP) is 2.73. The average molecular weight is 476 g/mol. The predicted molar refractivity (Wildman–Crippen MR) is 119 cm³/mol. The van der Waals surface area contributed by atoms with Crippen LogP contribution < -0.4 is 20.3 Å². The first-order valence-electron chi connectivity index (χ1n) is 9.07. The molecule has 148 valence electrons. The van der Waals surface area contributed by atoms with Crippen molar-refractivity contribution >= 4 is 35.6 Å². The van der Waals surface area contributed by atoms with E-state index in [0.717, 1.165) is 50.1 Å². The fourth-order valence-electron chi connectivity index (χ4n) is 2.94. The molecule has 6 nitrogen and oxygen atoms in total. The van der Waals surface area contributed by atoms with E-state index in [1.54, 1.807) is 14.2 Å². The zero-order valence-corrected chi connectivity index (χ0v) is 18.7. The summed E-state index contributed by atoms with van der Waals surface area (Å²) in [6, 6.07) is 8.54. The molecule has 1 aromatic carbocycles. The fourth-order valence-corrected chi connectivity index (χ4v) is 2.94. The number of nitrogens with zero attached hydrogens (tertiary/aromatic N) is 2. The molecule has 1 fully saturated rings. The average Bonchev–Trinajstić information content (AvgIpc) is 3.08. The minimum Gasteiger partial charge on any atom is -0.495 e. The summed E-state index contributed by atoms with van der Waals surface area (Å²) in [4.78, 5) is 6.67. The Morgan fingerprint density at radius 3 is 2.81 bits per heavy atom. The van der Waals surface area contributed by atoms with Gasteiger partial charge in [0.05, 0.1) is 19.4 Å². The molecule has 0 spiro atoms. The number of guanidine groups is 1. The molecule has 2 N–H and O–H groups in total. The molecule has 26 heavy (non-hydrogen) atoms. The number of ether oxygens (including phenoxy) is 2. The Balaban J connectivity index is 0.00000338. The molecule has 0 aliphatic carbocycles. The van der Waals surface area contributed by atoms with Crippen molar-refractivity contribution in [2.24, 2.45) is 10.9 Å². The Morgan fingerprint density at radius 2 is 2.12 bits per heavy atom. The number of hydrogen-bond donors (Lipinski definition) is 2. The highest BCUT2D eigenvalue weighted by Crippen LogP contribution is 2.30. The molecule has 1 heterocycles. The summed E-state index contributed by atoms with van der Waals surface area (Å²) in [5.74, 6) is 2.32. The van der Waals surface area contributed by atoms with Gasteiger partial charge < -0.3 is 25.0 Å². The van der Waals surface area contributed by atoms with Gasteiger partial charge in [-0.25, -0.2) is 0 Å². The number of halogens is 1. The van der Waals surface area contributed by atoms with Crippen LogP contribution in [-0.2, 0) is 4.74 Å². The van der Waals surface area contributed by atoms with E-state index >= 15 is 0 Å². The number of hydrogen-bond acceptors (Lipinski definition) is 4. The lowest BCUT2D eigenvalue weighted by Gasteiger charge is -2.22. The molecule has 1 saturated heterocycles. The van der Waals surface area contributed by atoms with E-state index in [-0.39, 0.29) is 24.0 Å². The topological polar surface area (TPSA) is 58.1 Å². The van der Waals surface area contributed by atoms with Crippen LogP contribution in [-0.4, -0.2) is 59.0 Å². The van der Waals surface area contributed by atoms with Gasteiger partial charge in [-0.3, -0.25) is 4.99 Å². The fraction of sp³-hybridized carbons (Fsp3) is 0.632. The SMILES string of the molecule is CN=C(NCCOCC(C)C)NC1CCN(c2ccccc2OC)C1.I. The van der Waals surface area contributed by atoms with E-state index in [1.807, 2.05) is 12.1 Å². The maximum absolute atomic E-state index is 5.59. The van der Waals surface area contributed by atoms with Gasteiger partial charge in [-0.05, 0) is 24.5 Å². The van der Waals surface area contributed by atoms with Crippen molar-refractivity contribution < 1.29 is 9.47 Å². The van der Waals surface area contributed by atoms with Crippen LogP contribution in [0.4, 0.5) is 5.69 Å². The van der Waals surface area contributed by atoms with Gasteiger partial charge in [-0.2, -0.15) is 0 Å². The van der Waals surface area contributed by atoms with E-state index in [1.165, 1.54) is 0 Å². The van der Waals surface area contributed by atoms with E-state index in [9.17, 15) is 0 Å². The summed E-state index contributed by atoms with van der Waals surface area (Å²) in [6.45, 7) is 8.50. The largest absolute Gasteiger partial charge is 0.495 e. The van der Waals surface area contributed by atoms with Crippen molar-refractivity contribution in [3.8, 4) is 5.75 Å². The van der Waals surface area contributed by atoms with E-state index in [0.29, 0.717) is 18.6 Å². The second kappa shape index (κ2) is 12.2. The molecular weight excluding hydrogens is 443 g/mol. The highest BCUT2D eigenvalue weighted by Gasteiger charge is 2.25. The summed E-state index contributed by atoms with van der Waals surface area (Å²) in [6.07, 6.45) is 1.07. The van der Waals surface area contributed by atoms with Crippen LogP contribution >= 0.6 is 24.0 Å². The Hall–Kier alpha value is -1.22. The van der Waals surface area contributed by atoms with Crippen molar-refractivity contribution in [3.05, 3.63) is 24.3 Å². The Morgan fingerprint density at radius 1 is 1.35 bits per heavy atom. The van der Waals surface area contributed by atoms with Gasteiger partial charge in [0.2, 0.25) is 0 Å². The van der Waals surface area contributed by atoms with Gasteiger partial charge in [0, 0.05) is 39.3 Å². The van der Waals surface area contributed by atoms with Gasteiger partial charge >= 0.3 is 0 Å². The number of para-hydroxylation sites is 2. The van der Waals surface area contributed by atoms with Gasteiger partial charge in [0.25, 0.3) is 0 Å². The third kappa shape index (κ3) is 7.19. The normalized spacial score (nSPS) is 17.2. The third-order valence-electron chi connectivity index (χ3n) is 4.17.